The predicted molar refractivity (Wildman–Crippen MR) is 94.0 cm³/mol. The summed E-state index contributed by atoms with van der Waals surface area (Å²) < 4.78 is 11.0. The zero-order valence-electron chi connectivity index (χ0n) is 14.0. The first kappa shape index (κ1) is 17.5. The monoisotopic (exact) mass is 361 g/mol. The lowest BCUT2D eigenvalue weighted by Gasteiger charge is -2.32. The van der Waals surface area contributed by atoms with Crippen LogP contribution >= 0.6 is 11.6 Å². The molecule has 6 nitrogen and oxygen atoms in total. The van der Waals surface area contributed by atoms with Crippen LogP contribution in [0, 0.1) is 0 Å². The summed E-state index contributed by atoms with van der Waals surface area (Å²) in [5.41, 5.74) is 0.938. The molecule has 1 atom stereocenters. The van der Waals surface area contributed by atoms with E-state index in [1.807, 2.05) is 29.2 Å². The topological polar surface area (TPSA) is 64.5 Å². The van der Waals surface area contributed by atoms with Gasteiger partial charge in [0.2, 0.25) is 5.91 Å². The van der Waals surface area contributed by atoms with E-state index in [0.717, 1.165) is 30.7 Å². The Morgan fingerprint density at radius 2 is 2.16 bits per heavy atom. The molecule has 2 aromatic rings. The van der Waals surface area contributed by atoms with Crippen LogP contribution in [0.1, 0.15) is 18.4 Å². The van der Waals surface area contributed by atoms with Crippen molar-refractivity contribution in [2.75, 3.05) is 20.2 Å². The fraction of sp³-hybridized carbons (Fsp3) is 0.389. The first-order valence-electron chi connectivity index (χ1n) is 8.19. The number of likely N-dealkylation sites (tertiary alicyclic amines) is 1. The highest BCUT2D eigenvalue weighted by Crippen LogP contribution is 2.18. The molecule has 7 heteroatoms. The maximum absolute atomic E-state index is 12.6. The number of carbonyl (C=O) groups excluding carboxylic acids is 1. The lowest BCUT2D eigenvalue weighted by Crippen LogP contribution is -2.45. The Hall–Kier alpha value is -2.34. The third-order valence-corrected chi connectivity index (χ3v) is 4.28. The van der Waals surface area contributed by atoms with Crippen LogP contribution in [-0.4, -0.2) is 47.1 Å². The summed E-state index contributed by atoms with van der Waals surface area (Å²) >= 11 is 5.78. The Balaban J connectivity index is 1.58. The average molecular weight is 362 g/mol. The van der Waals surface area contributed by atoms with Crippen molar-refractivity contribution in [2.45, 2.75) is 25.4 Å². The number of hydrogen-bond donors (Lipinski definition) is 0. The molecule has 1 unspecified atom stereocenters. The highest BCUT2D eigenvalue weighted by atomic mass is 35.5. The second-order valence-corrected chi connectivity index (χ2v) is 6.37. The summed E-state index contributed by atoms with van der Waals surface area (Å²) in [6, 6.07) is 7.86. The highest BCUT2D eigenvalue weighted by Gasteiger charge is 2.25. The van der Waals surface area contributed by atoms with Gasteiger partial charge in [-0.1, -0.05) is 23.7 Å². The van der Waals surface area contributed by atoms with Gasteiger partial charge in [0.1, 0.15) is 11.9 Å². The normalized spacial score (nSPS) is 17.2. The second-order valence-electron chi connectivity index (χ2n) is 5.93. The first-order chi connectivity index (χ1) is 12.1. The van der Waals surface area contributed by atoms with Crippen molar-refractivity contribution in [3.05, 3.63) is 47.2 Å². The smallest absolute Gasteiger partial charge is 0.316 e. The molecule has 1 aromatic heterocycles. The predicted octanol–water partition coefficient (Wildman–Crippen LogP) is 2.75. The van der Waals surface area contributed by atoms with Crippen LogP contribution < -0.4 is 9.47 Å². The molecule has 0 radical (unpaired) electrons. The van der Waals surface area contributed by atoms with E-state index in [0.29, 0.717) is 18.0 Å². The van der Waals surface area contributed by atoms with Gasteiger partial charge in [-0.2, -0.15) is 0 Å². The Morgan fingerprint density at radius 3 is 2.92 bits per heavy atom. The van der Waals surface area contributed by atoms with E-state index in [1.165, 1.54) is 12.4 Å². The average Bonchev–Trinajstić information content (AvgIpc) is 2.64. The fourth-order valence-electron chi connectivity index (χ4n) is 2.84. The van der Waals surface area contributed by atoms with Gasteiger partial charge in [-0.3, -0.25) is 4.79 Å². The van der Waals surface area contributed by atoms with Crippen molar-refractivity contribution in [1.29, 1.82) is 0 Å². The maximum atomic E-state index is 12.6. The van der Waals surface area contributed by atoms with E-state index in [-0.39, 0.29) is 18.0 Å². The highest BCUT2D eigenvalue weighted by molar-refractivity contribution is 6.30. The summed E-state index contributed by atoms with van der Waals surface area (Å²) in [5.74, 6) is 0.837. The van der Waals surface area contributed by atoms with Crippen LogP contribution in [0.2, 0.25) is 5.02 Å². The van der Waals surface area contributed by atoms with Crippen molar-refractivity contribution >= 4 is 17.5 Å². The van der Waals surface area contributed by atoms with Crippen LogP contribution in [0.3, 0.4) is 0 Å². The van der Waals surface area contributed by atoms with Crippen LogP contribution in [-0.2, 0) is 11.2 Å². The summed E-state index contributed by atoms with van der Waals surface area (Å²) in [6.45, 7) is 1.28. The summed E-state index contributed by atoms with van der Waals surface area (Å²) in [7, 11) is 1.62. The van der Waals surface area contributed by atoms with E-state index in [9.17, 15) is 4.79 Å². The maximum Gasteiger partial charge on any atom is 0.316 e. The molecule has 1 amide bonds. The van der Waals surface area contributed by atoms with Crippen molar-refractivity contribution in [3.63, 3.8) is 0 Å². The SMILES string of the molecule is COc1cccc(CC(=O)N2CCCC(Oc3ncc(Cl)cn3)C2)c1. The van der Waals surface area contributed by atoms with Crippen molar-refractivity contribution in [1.82, 2.24) is 14.9 Å². The van der Waals surface area contributed by atoms with Gasteiger partial charge in [-0.25, -0.2) is 9.97 Å². The first-order valence-corrected chi connectivity index (χ1v) is 8.57. The summed E-state index contributed by atoms with van der Waals surface area (Å²) in [4.78, 5) is 22.5. The summed E-state index contributed by atoms with van der Waals surface area (Å²) in [6.07, 6.45) is 5.00. The van der Waals surface area contributed by atoms with E-state index >= 15 is 0 Å². The molecule has 1 aliphatic rings. The molecule has 0 spiro atoms. The minimum Gasteiger partial charge on any atom is -0.497 e. The van der Waals surface area contributed by atoms with Gasteiger partial charge in [0.05, 0.1) is 37.5 Å². The largest absolute Gasteiger partial charge is 0.497 e. The number of nitrogens with zero attached hydrogens (tertiary/aromatic N) is 3. The van der Waals surface area contributed by atoms with Gasteiger partial charge in [0, 0.05) is 6.54 Å². The zero-order chi connectivity index (χ0) is 17.6. The number of halogens is 1. The quantitative estimate of drug-likeness (QED) is 0.819. The molecule has 0 aliphatic carbocycles. The van der Waals surface area contributed by atoms with Crippen LogP contribution in [0.25, 0.3) is 0 Å². The number of rotatable bonds is 5. The summed E-state index contributed by atoms with van der Waals surface area (Å²) in [5, 5.41) is 0.464. The Morgan fingerprint density at radius 1 is 1.36 bits per heavy atom. The number of carbonyl (C=O) groups is 1. The molecule has 1 aliphatic heterocycles. The lowest BCUT2D eigenvalue weighted by atomic mass is 10.1. The number of methoxy groups -OCH3 is 1. The van der Waals surface area contributed by atoms with Gasteiger partial charge in [-0.05, 0) is 30.5 Å². The molecule has 2 heterocycles. The standard InChI is InChI=1S/C18H20ClN3O3/c1-24-15-5-2-4-13(8-15)9-17(23)22-7-3-6-16(12-22)25-18-20-10-14(19)11-21-18/h2,4-5,8,10-11,16H,3,6-7,9,12H2,1H3. The lowest BCUT2D eigenvalue weighted by molar-refractivity contribution is -0.133. The molecule has 1 fully saturated rings. The Labute approximate surface area is 151 Å². The van der Waals surface area contributed by atoms with Crippen LogP contribution in [0.5, 0.6) is 11.8 Å². The second kappa shape index (κ2) is 8.16. The molecule has 132 valence electrons. The molecular formula is C18H20ClN3O3. The Kier molecular flexibility index (Phi) is 5.71. The van der Waals surface area contributed by atoms with Crippen molar-refractivity contribution in [2.24, 2.45) is 0 Å². The van der Waals surface area contributed by atoms with E-state index in [2.05, 4.69) is 9.97 Å². The number of aromatic nitrogens is 2. The minimum absolute atomic E-state index is 0.0820. The van der Waals surface area contributed by atoms with E-state index < -0.39 is 0 Å². The van der Waals surface area contributed by atoms with E-state index in [1.54, 1.807) is 7.11 Å². The Bertz CT molecular complexity index is 724. The molecule has 0 N–H and O–H groups in total. The van der Waals surface area contributed by atoms with Gasteiger partial charge in [0.15, 0.2) is 0 Å². The van der Waals surface area contributed by atoms with Gasteiger partial charge in [0.25, 0.3) is 0 Å². The molecule has 3 rings (SSSR count). The molecule has 1 saturated heterocycles. The van der Waals surface area contributed by atoms with Gasteiger partial charge < -0.3 is 14.4 Å². The van der Waals surface area contributed by atoms with Crippen molar-refractivity contribution < 1.29 is 14.3 Å². The van der Waals surface area contributed by atoms with Crippen molar-refractivity contribution in [3.8, 4) is 11.8 Å². The molecule has 0 saturated carbocycles. The number of ether oxygens (including phenoxy) is 2. The number of hydrogen-bond acceptors (Lipinski definition) is 5. The number of amides is 1. The molecular weight excluding hydrogens is 342 g/mol. The molecule has 25 heavy (non-hydrogen) atoms. The minimum atomic E-state index is -0.107. The van der Waals surface area contributed by atoms with Crippen LogP contribution in [0.4, 0.5) is 0 Å². The number of benzene rings is 1. The van der Waals surface area contributed by atoms with Gasteiger partial charge >= 0.3 is 6.01 Å². The third kappa shape index (κ3) is 4.82. The fourth-order valence-corrected chi connectivity index (χ4v) is 2.94. The zero-order valence-corrected chi connectivity index (χ0v) is 14.8. The third-order valence-electron chi connectivity index (χ3n) is 4.09. The van der Waals surface area contributed by atoms with Crippen LogP contribution in [0.15, 0.2) is 36.7 Å². The number of piperidine rings is 1. The van der Waals surface area contributed by atoms with Gasteiger partial charge in [-0.15, -0.1) is 0 Å². The molecule has 0 bridgehead atoms. The van der Waals surface area contributed by atoms with E-state index in [4.69, 9.17) is 21.1 Å². The molecule has 1 aromatic carbocycles.